The Morgan fingerprint density at radius 1 is 1.35 bits per heavy atom. The predicted molar refractivity (Wildman–Crippen MR) is 63.1 cm³/mol. The van der Waals surface area contributed by atoms with Gasteiger partial charge >= 0.3 is 0 Å². The van der Waals surface area contributed by atoms with Gasteiger partial charge in [0.15, 0.2) is 5.89 Å². The van der Waals surface area contributed by atoms with Crippen molar-refractivity contribution in [2.24, 2.45) is 0 Å². The van der Waals surface area contributed by atoms with Gasteiger partial charge in [-0.15, -0.1) is 0 Å². The largest absolute Gasteiger partial charge is 0.496 e. The van der Waals surface area contributed by atoms with Crippen LogP contribution in [-0.4, -0.2) is 23.8 Å². The van der Waals surface area contributed by atoms with Crippen LogP contribution in [0.15, 0.2) is 34.9 Å². The average molecular weight is 233 g/mol. The molecule has 0 saturated heterocycles. The van der Waals surface area contributed by atoms with Gasteiger partial charge in [-0.1, -0.05) is 18.2 Å². The zero-order valence-electron chi connectivity index (χ0n) is 9.72. The van der Waals surface area contributed by atoms with Crippen LogP contribution in [0.25, 0.3) is 0 Å². The summed E-state index contributed by atoms with van der Waals surface area (Å²) in [7, 11) is 1.64. The Hall–Kier alpha value is -1.81. The fourth-order valence-corrected chi connectivity index (χ4v) is 1.67. The highest BCUT2D eigenvalue weighted by Crippen LogP contribution is 2.20. The molecule has 0 spiro atoms. The van der Waals surface area contributed by atoms with Crippen molar-refractivity contribution in [2.45, 2.75) is 12.8 Å². The number of methoxy groups -OCH3 is 1. The molecule has 0 aliphatic carbocycles. The summed E-state index contributed by atoms with van der Waals surface area (Å²) in [5.74, 6) is 2.17. The van der Waals surface area contributed by atoms with Crippen LogP contribution < -0.4 is 4.74 Å². The number of ether oxygens (including phenoxy) is 1. The van der Waals surface area contributed by atoms with E-state index in [1.807, 2.05) is 24.3 Å². The Morgan fingerprint density at radius 2 is 2.18 bits per heavy atom. The quantitative estimate of drug-likeness (QED) is 0.855. The van der Waals surface area contributed by atoms with Crippen molar-refractivity contribution in [3.8, 4) is 5.75 Å². The first-order chi connectivity index (χ1) is 8.33. The minimum absolute atomic E-state index is 0.0727. The molecule has 0 fully saturated rings. The van der Waals surface area contributed by atoms with Gasteiger partial charge in [0, 0.05) is 12.0 Å². The van der Waals surface area contributed by atoms with Crippen LogP contribution in [0, 0.1) is 0 Å². The third-order valence-electron chi connectivity index (χ3n) is 2.49. The molecule has 0 radical (unpaired) electrons. The van der Waals surface area contributed by atoms with Crippen LogP contribution in [-0.2, 0) is 12.8 Å². The molecule has 90 valence electrons. The van der Waals surface area contributed by atoms with Gasteiger partial charge in [-0.3, -0.25) is 0 Å². The average Bonchev–Trinajstić information content (AvgIpc) is 2.78. The summed E-state index contributed by atoms with van der Waals surface area (Å²) in [5.41, 5.74) is 1.03. The SMILES string of the molecule is COc1ccccc1Cc1ncc(CCO)o1. The maximum atomic E-state index is 8.79. The smallest absolute Gasteiger partial charge is 0.198 e. The standard InChI is InChI=1S/C13H15NO3/c1-16-12-5-3-2-4-10(12)8-13-14-9-11(17-13)6-7-15/h2-5,9,15H,6-8H2,1H3. The van der Waals surface area contributed by atoms with Crippen molar-refractivity contribution >= 4 is 0 Å². The number of aliphatic hydroxyl groups is 1. The second kappa shape index (κ2) is 5.50. The van der Waals surface area contributed by atoms with Gasteiger partial charge in [-0.2, -0.15) is 0 Å². The maximum Gasteiger partial charge on any atom is 0.198 e. The van der Waals surface area contributed by atoms with E-state index in [4.69, 9.17) is 14.3 Å². The van der Waals surface area contributed by atoms with Gasteiger partial charge in [0.25, 0.3) is 0 Å². The summed E-state index contributed by atoms with van der Waals surface area (Å²) in [4.78, 5) is 4.17. The van der Waals surface area contributed by atoms with Crippen LogP contribution in [0.4, 0.5) is 0 Å². The Balaban J connectivity index is 2.13. The molecule has 0 saturated carbocycles. The number of aromatic nitrogens is 1. The summed E-state index contributed by atoms with van der Waals surface area (Å²) in [6.45, 7) is 0.0727. The zero-order chi connectivity index (χ0) is 12.1. The fourth-order valence-electron chi connectivity index (χ4n) is 1.67. The highest BCUT2D eigenvalue weighted by Gasteiger charge is 2.08. The Labute approximate surface area is 99.9 Å². The van der Waals surface area contributed by atoms with Crippen LogP contribution in [0.5, 0.6) is 5.75 Å². The second-order valence-electron chi connectivity index (χ2n) is 3.68. The van der Waals surface area contributed by atoms with Crippen molar-refractivity contribution < 1.29 is 14.3 Å². The van der Waals surface area contributed by atoms with E-state index >= 15 is 0 Å². The predicted octanol–water partition coefficient (Wildman–Crippen LogP) is 1.81. The van der Waals surface area contributed by atoms with E-state index in [0.717, 1.165) is 11.3 Å². The number of benzene rings is 1. The minimum atomic E-state index is 0.0727. The lowest BCUT2D eigenvalue weighted by Crippen LogP contribution is -1.93. The van der Waals surface area contributed by atoms with Crippen LogP contribution >= 0.6 is 0 Å². The summed E-state index contributed by atoms with van der Waals surface area (Å²) in [6.07, 6.45) is 2.75. The number of rotatable bonds is 5. The summed E-state index contributed by atoms with van der Waals surface area (Å²) >= 11 is 0. The molecule has 1 aromatic heterocycles. The normalized spacial score (nSPS) is 10.5. The summed E-state index contributed by atoms with van der Waals surface area (Å²) < 4.78 is 10.8. The first kappa shape index (κ1) is 11.7. The number of hydrogen-bond acceptors (Lipinski definition) is 4. The molecule has 0 aliphatic heterocycles. The lowest BCUT2D eigenvalue weighted by Gasteiger charge is -2.05. The van der Waals surface area contributed by atoms with Gasteiger partial charge in [0.05, 0.1) is 26.3 Å². The second-order valence-corrected chi connectivity index (χ2v) is 3.68. The summed E-state index contributed by atoms with van der Waals surface area (Å²) in [6, 6.07) is 7.77. The van der Waals surface area contributed by atoms with Gasteiger partial charge in [0.1, 0.15) is 11.5 Å². The van der Waals surface area contributed by atoms with E-state index in [1.165, 1.54) is 0 Å². The third kappa shape index (κ3) is 2.85. The van der Waals surface area contributed by atoms with E-state index in [-0.39, 0.29) is 6.61 Å². The number of hydrogen-bond donors (Lipinski definition) is 1. The van der Waals surface area contributed by atoms with Gasteiger partial charge < -0.3 is 14.3 Å². The molecule has 4 nitrogen and oxygen atoms in total. The monoisotopic (exact) mass is 233 g/mol. The first-order valence-corrected chi connectivity index (χ1v) is 5.50. The number of aliphatic hydroxyl groups excluding tert-OH is 1. The highest BCUT2D eigenvalue weighted by atomic mass is 16.5. The zero-order valence-corrected chi connectivity index (χ0v) is 9.72. The molecular weight excluding hydrogens is 218 g/mol. The van der Waals surface area contributed by atoms with E-state index in [2.05, 4.69) is 4.98 Å². The van der Waals surface area contributed by atoms with E-state index < -0.39 is 0 Å². The van der Waals surface area contributed by atoms with E-state index in [1.54, 1.807) is 13.3 Å². The number of para-hydroxylation sites is 1. The molecule has 0 unspecified atom stereocenters. The molecule has 0 amide bonds. The topological polar surface area (TPSA) is 55.5 Å². The van der Waals surface area contributed by atoms with Gasteiger partial charge in [-0.05, 0) is 6.07 Å². The van der Waals surface area contributed by atoms with E-state index in [9.17, 15) is 0 Å². The number of oxazole rings is 1. The van der Waals surface area contributed by atoms with E-state index in [0.29, 0.717) is 24.5 Å². The minimum Gasteiger partial charge on any atom is -0.496 e. The molecular formula is C13H15NO3. The maximum absolute atomic E-state index is 8.79. The van der Waals surface area contributed by atoms with Crippen molar-refractivity contribution in [1.82, 2.24) is 4.98 Å². The van der Waals surface area contributed by atoms with Gasteiger partial charge in [-0.25, -0.2) is 4.98 Å². The highest BCUT2D eigenvalue weighted by molar-refractivity contribution is 5.34. The van der Waals surface area contributed by atoms with Crippen molar-refractivity contribution in [2.75, 3.05) is 13.7 Å². The molecule has 2 rings (SSSR count). The molecule has 1 N–H and O–H groups in total. The lowest BCUT2D eigenvalue weighted by molar-refractivity contribution is 0.286. The first-order valence-electron chi connectivity index (χ1n) is 5.50. The fraction of sp³-hybridized carbons (Fsp3) is 0.308. The Bertz CT molecular complexity index is 479. The molecule has 4 heteroatoms. The molecule has 1 heterocycles. The van der Waals surface area contributed by atoms with Crippen LogP contribution in [0.3, 0.4) is 0 Å². The molecule has 0 aliphatic rings. The number of nitrogens with zero attached hydrogens (tertiary/aromatic N) is 1. The Kier molecular flexibility index (Phi) is 3.77. The molecule has 1 aromatic carbocycles. The van der Waals surface area contributed by atoms with Crippen molar-refractivity contribution in [3.63, 3.8) is 0 Å². The van der Waals surface area contributed by atoms with Gasteiger partial charge in [0.2, 0.25) is 0 Å². The molecule has 2 aromatic rings. The molecule has 0 atom stereocenters. The lowest BCUT2D eigenvalue weighted by atomic mass is 10.1. The van der Waals surface area contributed by atoms with Crippen molar-refractivity contribution in [1.29, 1.82) is 0 Å². The van der Waals surface area contributed by atoms with Crippen LogP contribution in [0.2, 0.25) is 0 Å². The Morgan fingerprint density at radius 3 is 2.94 bits per heavy atom. The third-order valence-corrected chi connectivity index (χ3v) is 2.49. The molecule has 17 heavy (non-hydrogen) atoms. The molecule has 0 bridgehead atoms. The van der Waals surface area contributed by atoms with Crippen LogP contribution in [0.1, 0.15) is 17.2 Å². The summed E-state index contributed by atoms with van der Waals surface area (Å²) in [5, 5.41) is 8.79. The van der Waals surface area contributed by atoms with Crippen molar-refractivity contribution in [3.05, 3.63) is 47.7 Å².